The van der Waals surface area contributed by atoms with E-state index in [0.29, 0.717) is 30.3 Å². The molecule has 2 aromatic carbocycles. The predicted octanol–water partition coefficient (Wildman–Crippen LogP) is 3.43. The number of halogens is 1. The highest BCUT2D eigenvalue weighted by molar-refractivity contribution is 6.30. The van der Waals surface area contributed by atoms with E-state index >= 15 is 0 Å². The topological polar surface area (TPSA) is 38.8 Å². The summed E-state index contributed by atoms with van der Waals surface area (Å²) in [6.45, 7) is 0.912. The molecule has 0 aromatic heterocycles. The lowest BCUT2D eigenvalue weighted by atomic mass is 10.1. The van der Waals surface area contributed by atoms with E-state index in [0.717, 1.165) is 11.3 Å². The molecule has 0 bridgehead atoms. The quantitative estimate of drug-likeness (QED) is 0.779. The molecule has 4 nitrogen and oxygen atoms in total. The molecule has 0 saturated carbocycles. The number of nitrogens with zero attached hydrogens (tertiary/aromatic N) is 1. The standard InChI is InChI=1S/C18H20ClNO3/c1-20(10-11-23-16-8-5-7-15(19)13-16)18(21)12-14-6-3-4-9-17(14)22-2/h3-9,13H,10-12H2,1-2H3. The van der Waals surface area contributed by atoms with Crippen molar-refractivity contribution in [3.63, 3.8) is 0 Å². The molecule has 1 amide bonds. The summed E-state index contributed by atoms with van der Waals surface area (Å²) in [4.78, 5) is 13.9. The maximum atomic E-state index is 12.3. The van der Waals surface area contributed by atoms with Crippen molar-refractivity contribution in [1.82, 2.24) is 4.90 Å². The first-order chi connectivity index (χ1) is 11.1. The maximum Gasteiger partial charge on any atom is 0.226 e. The Morgan fingerprint density at radius 1 is 1.17 bits per heavy atom. The summed E-state index contributed by atoms with van der Waals surface area (Å²) >= 11 is 5.90. The number of likely N-dealkylation sites (N-methyl/N-ethyl adjacent to an activating group) is 1. The average molecular weight is 334 g/mol. The minimum absolute atomic E-state index is 0.0178. The van der Waals surface area contributed by atoms with Gasteiger partial charge in [0.15, 0.2) is 0 Å². The fraction of sp³-hybridized carbons (Fsp3) is 0.278. The van der Waals surface area contributed by atoms with Crippen LogP contribution in [0.5, 0.6) is 11.5 Å². The van der Waals surface area contributed by atoms with Crippen LogP contribution in [0.15, 0.2) is 48.5 Å². The Bertz CT molecular complexity index is 660. The van der Waals surface area contributed by atoms with E-state index in [4.69, 9.17) is 21.1 Å². The van der Waals surface area contributed by atoms with Gasteiger partial charge < -0.3 is 14.4 Å². The van der Waals surface area contributed by atoms with Gasteiger partial charge in [0.1, 0.15) is 18.1 Å². The van der Waals surface area contributed by atoms with E-state index in [1.807, 2.05) is 36.4 Å². The summed E-state index contributed by atoms with van der Waals surface area (Å²) < 4.78 is 10.9. The van der Waals surface area contributed by atoms with Crippen molar-refractivity contribution in [3.05, 3.63) is 59.1 Å². The van der Waals surface area contributed by atoms with Crippen LogP contribution in [-0.2, 0) is 11.2 Å². The summed E-state index contributed by atoms with van der Waals surface area (Å²) in [7, 11) is 3.37. The van der Waals surface area contributed by atoms with Crippen LogP contribution in [-0.4, -0.2) is 38.1 Å². The van der Waals surface area contributed by atoms with Crippen LogP contribution in [0.1, 0.15) is 5.56 Å². The van der Waals surface area contributed by atoms with Gasteiger partial charge in [-0.25, -0.2) is 0 Å². The summed E-state index contributed by atoms with van der Waals surface area (Å²) in [5.74, 6) is 1.44. The predicted molar refractivity (Wildman–Crippen MR) is 91.3 cm³/mol. The van der Waals surface area contributed by atoms with Crippen LogP contribution in [0.3, 0.4) is 0 Å². The van der Waals surface area contributed by atoms with Gasteiger partial charge in [-0.2, -0.15) is 0 Å². The van der Waals surface area contributed by atoms with Crippen LogP contribution in [0.2, 0.25) is 5.02 Å². The number of methoxy groups -OCH3 is 1. The Labute approximate surface area is 141 Å². The Morgan fingerprint density at radius 2 is 1.96 bits per heavy atom. The molecule has 2 rings (SSSR count). The highest BCUT2D eigenvalue weighted by Gasteiger charge is 2.12. The third kappa shape index (κ3) is 5.18. The molecule has 23 heavy (non-hydrogen) atoms. The molecule has 0 aliphatic carbocycles. The van der Waals surface area contributed by atoms with Crippen molar-refractivity contribution < 1.29 is 14.3 Å². The first-order valence-corrected chi connectivity index (χ1v) is 7.72. The number of hydrogen-bond acceptors (Lipinski definition) is 3. The van der Waals surface area contributed by atoms with Gasteiger partial charge >= 0.3 is 0 Å². The minimum Gasteiger partial charge on any atom is -0.496 e. The monoisotopic (exact) mass is 333 g/mol. The minimum atomic E-state index is 0.0178. The lowest BCUT2D eigenvalue weighted by molar-refractivity contribution is -0.129. The van der Waals surface area contributed by atoms with E-state index in [1.54, 1.807) is 31.2 Å². The molecule has 122 valence electrons. The molecular formula is C18H20ClNO3. The van der Waals surface area contributed by atoms with Crippen LogP contribution in [0, 0.1) is 0 Å². The zero-order valence-electron chi connectivity index (χ0n) is 13.3. The fourth-order valence-electron chi connectivity index (χ4n) is 2.13. The van der Waals surface area contributed by atoms with Crippen molar-refractivity contribution in [2.24, 2.45) is 0 Å². The second-order valence-corrected chi connectivity index (χ2v) is 5.55. The lowest BCUT2D eigenvalue weighted by Gasteiger charge is -2.18. The number of carbonyl (C=O) groups is 1. The number of carbonyl (C=O) groups excluding carboxylic acids is 1. The molecule has 5 heteroatoms. The van der Waals surface area contributed by atoms with E-state index < -0.39 is 0 Å². The highest BCUT2D eigenvalue weighted by Crippen LogP contribution is 2.19. The molecular weight excluding hydrogens is 314 g/mol. The van der Waals surface area contributed by atoms with Gasteiger partial charge in [-0.1, -0.05) is 35.9 Å². The molecule has 0 saturated heterocycles. The van der Waals surface area contributed by atoms with Gasteiger partial charge in [0.05, 0.1) is 20.1 Å². The Morgan fingerprint density at radius 3 is 2.70 bits per heavy atom. The zero-order chi connectivity index (χ0) is 16.7. The number of rotatable bonds is 7. The van der Waals surface area contributed by atoms with Gasteiger partial charge in [0, 0.05) is 17.6 Å². The molecule has 0 spiro atoms. The SMILES string of the molecule is COc1ccccc1CC(=O)N(C)CCOc1cccc(Cl)c1. The lowest BCUT2D eigenvalue weighted by Crippen LogP contribution is -2.32. The van der Waals surface area contributed by atoms with Crippen LogP contribution in [0.25, 0.3) is 0 Å². The summed E-state index contributed by atoms with van der Waals surface area (Å²) in [6, 6.07) is 14.7. The number of para-hydroxylation sites is 1. The van der Waals surface area contributed by atoms with Crippen LogP contribution < -0.4 is 9.47 Å². The molecule has 0 atom stereocenters. The molecule has 2 aromatic rings. The zero-order valence-corrected chi connectivity index (χ0v) is 14.0. The molecule has 0 N–H and O–H groups in total. The van der Waals surface area contributed by atoms with Crippen molar-refractivity contribution in [2.45, 2.75) is 6.42 Å². The number of hydrogen-bond donors (Lipinski definition) is 0. The summed E-state index contributed by atoms with van der Waals surface area (Å²) in [5, 5.41) is 0.628. The maximum absolute atomic E-state index is 12.3. The van der Waals surface area contributed by atoms with Gasteiger partial charge in [0.2, 0.25) is 5.91 Å². The molecule has 0 aliphatic rings. The second-order valence-electron chi connectivity index (χ2n) is 5.11. The Hall–Kier alpha value is -2.20. The molecule has 0 fully saturated rings. The number of amides is 1. The number of ether oxygens (including phenoxy) is 2. The van der Waals surface area contributed by atoms with E-state index in [9.17, 15) is 4.79 Å². The largest absolute Gasteiger partial charge is 0.496 e. The second kappa shape index (κ2) is 8.44. The summed E-state index contributed by atoms with van der Waals surface area (Å²) in [5.41, 5.74) is 0.877. The van der Waals surface area contributed by atoms with Gasteiger partial charge in [0.25, 0.3) is 0 Å². The smallest absolute Gasteiger partial charge is 0.226 e. The van der Waals surface area contributed by atoms with Crippen LogP contribution >= 0.6 is 11.6 Å². The van der Waals surface area contributed by atoms with Gasteiger partial charge in [-0.05, 0) is 24.3 Å². The fourth-order valence-corrected chi connectivity index (χ4v) is 2.31. The van der Waals surface area contributed by atoms with Crippen molar-refractivity contribution in [1.29, 1.82) is 0 Å². The van der Waals surface area contributed by atoms with Gasteiger partial charge in [-0.3, -0.25) is 4.79 Å². The highest BCUT2D eigenvalue weighted by atomic mass is 35.5. The normalized spacial score (nSPS) is 10.2. The first kappa shape index (κ1) is 17.2. The van der Waals surface area contributed by atoms with Crippen molar-refractivity contribution >= 4 is 17.5 Å². The third-order valence-electron chi connectivity index (χ3n) is 3.45. The van der Waals surface area contributed by atoms with Crippen LogP contribution in [0.4, 0.5) is 0 Å². The number of benzene rings is 2. The first-order valence-electron chi connectivity index (χ1n) is 7.34. The summed E-state index contributed by atoms with van der Waals surface area (Å²) in [6.07, 6.45) is 0.303. The third-order valence-corrected chi connectivity index (χ3v) is 3.69. The van der Waals surface area contributed by atoms with Gasteiger partial charge in [-0.15, -0.1) is 0 Å². The van der Waals surface area contributed by atoms with Crippen molar-refractivity contribution in [2.75, 3.05) is 27.3 Å². The van der Waals surface area contributed by atoms with E-state index in [-0.39, 0.29) is 5.91 Å². The molecule has 0 unspecified atom stereocenters. The molecule has 0 heterocycles. The van der Waals surface area contributed by atoms with E-state index in [1.165, 1.54) is 0 Å². The van der Waals surface area contributed by atoms with E-state index in [2.05, 4.69) is 0 Å². The average Bonchev–Trinajstić information content (AvgIpc) is 2.55. The molecule has 0 aliphatic heterocycles. The Balaban J connectivity index is 1.83. The molecule has 0 radical (unpaired) electrons. The van der Waals surface area contributed by atoms with Crippen molar-refractivity contribution in [3.8, 4) is 11.5 Å². The Kier molecular flexibility index (Phi) is 6.29.